The number of methoxy groups -OCH3 is 3. The predicted molar refractivity (Wildman–Crippen MR) is 85.8 cm³/mol. The Kier molecular flexibility index (Phi) is 6.96. The highest BCUT2D eigenvalue weighted by atomic mass is 16.6. The first kappa shape index (κ1) is 18.7. The lowest BCUT2D eigenvalue weighted by Gasteiger charge is -2.05. The Bertz CT molecular complexity index is 719. The van der Waals surface area contributed by atoms with Crippen molar-refractivity contribution in [2.75, 3.05) is 21.3 Å². The van der Waals surface area contributed by atoms with Crippen LogP contribution in [0.5, 0.6) is 17.2 Å². The van der Waals surface area contributed by atoms with Gasteiger partial charge in [0.15, 0.2) is 11.5 Å². The van der Waals surface area contributed by atoms with E-state index >= 15 is 0 Å². The lowest BCUT2D eigenvalue weighted by atomic mass is 10.3. The van der Waals surface area contributed by atoms with Crippen LogP contribution in [0.15, 0.2) is 42.5 Å². The van der Waals surface area contributed by atoms with E-state index in [1.54, 1.807) is 12.1 Å². The van der Waals surface area contributed by atoms with Crippen molar-refractivity contribution < 1.29 is 24.1 Å². The summed E-state index contributed by atoms with van der Waals surface area (Å²) in [5.74, 6) is 1.34. The molecule has 2 aromatic carbocycles. The highest BCUT2D eigenvalue weighted by molar-refractivity contribution is 5.48. The van der Waals surface area contributed by atoms with Gasteiger partial charge in [-0.2, -0.15) is 0 Å². The Labute approximate surface area is 137 Å². The summed E-state index contributed by atoms with van der Waals surface area (Å²) >= 11 is 0. The first-order chi connectivity index (χ1) is 11.4. The quantitative estimate of drug-likeness (QED) is 0.608. The van der Waals surface area contributed by atoms with Crippen molar-refractivity contribution in [3.8, 4) is 17.2 Å². The molecule has 0 N–H and O–H groups in total. The van der Waals surface area contributed by atoms with Crippen molar-refractivity contribution in [1.29, 1.82) is 0 Å². The third-order valence-corrected chi connectivity index (χ3v) is 2.84. The van der Waals surface area contributed by atoms with Gasteiger partial charge in [-0.1, -0.05) is 6.07 Å². The molecular formula is C15H16N2O7. The number of benzene rings is 2. The van der Waals surface area contributed by atoms with Crippen LogP contribution in [0.2, 0.25) is 0 Å². The fraction of sp³-hybridized carbons (Fsp3) is 0.200. The fourth-order valence-electron chi connectivity index (χ4n) is 1.66. The summed E-state index contributed by atoms with van der Waals surface area (Å²) in [6.45, 7) is 0. The zero-order valence-corrected chi connectivity index (χ0v) is 13.3. The van der Waals surface area contributed by atoms with Gasteiger partial charge in [-0.15, -0.1) is 0 Å². The molecule has 0 bridgehead atoms. The van der Waals surface area contributed by atoms with Gasteiger partial charge in [-0.25, -0.2) is 0 Å². The third-order valence-electron chi connectivity index (χ3n) is 2.84. The molecule has 0 fully saturated rings. The van der Waals surface area contributed by atoms with Gasteiger partial charge in [0.2, 0.25) is 0 Å². The fourth-order valence-corrected chi connectivity index (χ4v) is 1.66. The minimum Gasteiger partial charge on any atom is -0.497 e. The maximum atomic E-state index is 10.4. The van der Waals surface area contributed by atoms with Gasteiger partial charge in [0.1, 0.15) is 5.75 Å². The van der Waals surface area contributed by atoms with E-state index in [1.807, 2.05) is 0 Å². The molecular weight excluding hydrogens is 320 g/mol. The van der Waals surface area contributed by atoms with Gasteiger partial charge in [-0.05, 0) is 12.1 Å². The van der Waals surface area contributed by atoms with Crippen molar-refractivity contribution in [1.82, 2.24) is 0 Å². The van der Waals surface area contributed by atoms with E-state index < -0.39 is 9.85 Å². The zero-order valence-electron chi connectivity index (χ0n) is 13.3. The molecule has 2 aromatic rings. The minimum absolute atomic E-state index is 0.0161. The van der Waals surface area contributed by atoms with E-state index in [0.29, 0.717) is 17.2 Å². The Morgan fingerprint density at radius 1 is 0.750 bits per heavy atom. The number of nitrogens with zero attached hydrogens (tertiary/aromatic N) is 2. The number of non-ortho nitro benzene ring substituents is 2. The maximum Gasteiger partial charge on any atom is 0.273 e. The number of rotatable bonds is 5. The van der Waals surface area contributed by atoms with Crippen LogP contribution in [-0.4, -0.2) is 31.2 Å². The molecule has 0 aliphatic rings. The lowest BCUT2D eigenvalue weighted by Crippen LogP contribution is -1.93. The van der Waals surface area contributed by atoms with Gasteiger partial charge >= 0.3 is 0 Å². The molecule has 0 radical (unpaired) electrons. The van der Waals surface area contributed by atoms with Gasteiger partial charge in [0.05, 0.1) is 43.3 Å². The molecule has 0 amide bonds. The molecule has 0 saturated heterocycles. The standard InChI is InChI=1S/C8H9NO4.C7H7NO3/c1-12-7-4-3-6(9(10)11)5-8(7)13-2;1-11-7-4-2-3-6(5-7)8(9)10/h3-5H,1-2H3;2-5H,1H3. The second-order valence-corrected chi connectivity index (χ2v) is 4.25. The van der Waals surface area contributed by atoms with E-state index in [1.165, 1.54) is 51.7 Å². The predicted octanol–water partition coefficient (Wildman–Crippen LogP) is 3.22. The van der Waals surface area contributed by atoms with E-state index in [0.717, 1.165) is 0 Å². The Hall–Kier alpha value is -3.36. The monoisotopic (exact) mass is 336 g/mol. The maximum absolute atomic E-state index is 10.4. The number of hydrogen-bond acceptors (Lipinski definition) is 7. The van der Waals surface area contributed by atoms with E-state index in [2.05, 4.69) is 0 Å². The SMILES string of the molecule is COc1ccc([N+](=O)[O-])cc1OC.COc1cccc([N+](=O)[O-])c1. The molecule has 0 atom stereocenters. The number of nitro groups is 2. The number of ether oxygens (including phenoxy) is 3. The Morgan fingerprint density at radius 2 is 1.33 bits per heavy atom. The second kappa shape index (κ2) is 8.93. The summed E-state index contributed by atoms with van der Waals surface area (Å²) in [6, 6.07) is 10.2. The topological polar surface area (TPSA) is 114 Å². The molecule has 9 nitrogen and oxygen atoms in total. The highest BCUT2D eigenvalue weighted by Crippen LogP contribution is 2.30. The van der Waals surface area contributed by atoms with Crippen molar-refractivity contribution in [2.24, 2.45) is 0 Å². The molecule has 0 saturated carbocycles. The van der Waals surface area contributed by atoms with E-state index in [9.17, 15) is 20.2 Å². The summed E-state index contributed by atoms with van der Waals surface area (Å²) in [7, 11) is 4.38. The first-order valence-electron chi connectivity index (χ1n) is 6.57. The van der Waals surface area contributed by atoms with Gasteiger partial charge < -0.3 is 14.2 Å². The average molecular weight is 336 g/mol. The summed E-state index contributed by atoms with van der Waals surface area (Å²) in [6.07, 6.45) is 0. The van der Waals surface area contributed by atoms with Crippen molar-refractivity contribution in [3.63, 3.8) is 0 Å². The average Bonchev–Trinajstić information content (AvgIpc) is 2.61. The smallest absolute Gasteiger partial charge is 0.273 e. The third kappa shape index (κ3) is 5.13. The first-order valence-corrected chi connectivity index (χ1v) is 6.57. The molecule has 0 aliphatic heterocycles. The Balaban J connectivity index is 0.000000243. The molecule has 2 rings (SSSR count). The highest BCUT2D eigenvalue weighted by Gasteiger charge is 2.10. The molecule has 128 valence electrons. The van der Waals surface area contributed by atoms with E-state index in [-0.39, 0.29) is 11.4 Å². The molecule has 0 unspecified atom stereocenters. The summed E-state index contributed by atoms with van der Waals surface area (Å²) in [4.78, 5) is 19.7. The van der Waals surface area contributed by atoms with Crippen molar-refractivity contribution >= 4 is 11.4 Å². The summed E-state index contributed by atoms with van der Waals surface area (Å²) in [5.41, 5.74) is 0.0296. The van der Waals surface area contributed by atoms with Crippen molar-refractivity contribution in [2.45, 2.75) is 0 Å². The normalized spacial score (nSPS) is 9.29. The van der Waals surface area contributed by atoms with Gasteiger partial charge in [0, 0.05) is 12.1 Å². The van der Waals surface area contributed by atoms with Crippen molar-refractivity contribution in [3.05, 3.63) is 62.7 Å². The van der Waals surface area contributed by atoms with Gasteiger partial charge in [0.25, 0.3) is 11.4 Å². The second-order valence-electron chi connectivity index (χ2n) is 4.25. The van der Waals surface area contributed by atoms with Crippen LogP contribution in [0.1, 0.15) is 0 Å². The van der Waals surface area contributed by atoms with Crippen LogP contribution < -0.4 is 14.2 Å². The number of nitro benzene ring substituents is 2. The summed E-state index contributed by atoms with van der Waals surface area (Å²) < 4.78 is 14.6. The zero-order chi connectivity index (χ0) is 18.1. The largest absolute Gasteiger partial charge is 0.497 e. The molecule has 0 heterocycles. The van der Waals surface area contributed by atoms with Crippen LogP contribution in [0.25, 0.3) is 0 Å². The summed E-state index contributed by atoms with van der Waals surface area (Å²) in [5, 5.41) is 20.6. The molecule has 0 spiro atoms. The molecule has 24 heavy (non-hydrogen) atoms. The molecule has 0 aliphatic carbocycles. The van der Waals surface area contributed by atoms with Gasteiger partial charge in [-0.3, -0.25) is 20.2 Å². The van der Waals surface area contributed by atoms with Crippen LogP contribution in [-0.2, 0) is 0 Å². The Morgan fingerprint density at radius 3 is 1.83 bits per heavy atom. The minimum atomic E-state index is -0.484. The lowest BCUT2D eigenvalue weighted by molar-refractivity contribution is -0.385. The molecule has 9 heteroatoms. The van der Waals surface area contributed by atoms with E-state index in [4.69, 9.17) is 14.2 Å². The number of hydrogen-bond donors (Lipinski definition) is 0. The molecule has 0 aromatic heterocycles. The van der Waals surface area contributed by atoms with Crippen LogP contribution in [0.4, 0.5) is 11.4 Å². The van der Waals surface area contributed by atoms with Crippen LogP contribution >= 0.6 is 0 Å². The van der Waals surface area contributed by atoms with Crippen LogP contribution in [0, 0.1) is 20.2 Å². The van der Waals surface area contributed by atoms with Crippen LogP contribution in [0.3, 0.4) is 0 Å².